The third-order valence-electron chi connectivity index (χ3n) is 2.81. The Hall–Kier alpha value is -1.88. The number of carbonyl (C=O) groups is 1. The van der Waals surface area contributed by atoms with Crippen LogP contribution in [0.2, 0.25) is 0 Å². The standard InChI is InChI=1S/C14H16N2O2S/c1-9-10(2)19-14(16-9)8-15-13(18)7-11-3-5-12(17)6-4-11/h3-6,17H,7-8H2,1-2H3,(H,15,18). The van der Waals surface area contributed by atoms with E-state index in [0.717, 1.165) is 16.3 Å². The monoisotopic (exact) mass is 276 g/mol. The van der Waals surface area contributed by atoms with Gasteiger partial charge in [-0.05, 0) is 31.5 Å². The van der Waals surface area contributed by atoms with Gasteiger partial charge in [0, 0.05) is 4.88 Å². The van der Waals surface area contributed by atoms with Crippen LogP contribution in [0.25, 0.3) is 0 Å². The molecule has 0 radical (unpaired) electrons. The van der Waals surface area contributed by atoms with Crippen LogP contribution in [0.15, 0.2) is 24.3 Å². The van der Waals surface area contributed by atoms with E-state index < -0.39 is 0 Å². The SMILES string of the molecule is Cc1nc(CNC(=O)Cc2ccc(O)cc2)sc1C. The molecular weight excluding hydrogens is 260 g/mol. The highest BCUT2D eigenvalue weighted by atomic mass is 32.1. The molecule has 2 aromatic rings. The Balaban J connectivity index is 1.86. The predicted molar refractivity (Wildman–Crippen MR) is 75.2 cm³/mol. The molecule has 0 spiro atoms. The molecule has 0 saturated heterocycles. The maximum atomic E-state index is 11.8. The first-order valence-corrected chi connectivity index (χ1v) is 6.84. The molecule has 1 heterocycles. The lowest BCUT2D eigenvalue weighted by molar-refractivity contribution is -0.120. The molecule has 0 fully saturated rings. The molecule has 0 saturated carbocycles. The van der Waals surface area contributed by atoms with Crippen LogP contribution in [-0.4, -0.2) is 16.0 Å². The fraction of sp³-hybridized carbons (Fsp3) is 0.286. The summed E-state index contributed by atoms with van der Waals surface area (Å²) in [6.07, 6.45) is 0.309. The Kier molecular flexibility index (Phi) is 4.16. The number of aromatic nitrogens is 1. The number of amides is 1. The van der Waals surface area contributed by atoms with Gasteiger partial charge in [0.05, 0.1) is 18.7 Å². The number of nitrogens with one attached hydrogen (secondary N) is 1. The normalized spacial score (nSPS) is 10.4. The third-order valence-corrected chi connectivity index (χ3v) is 3.88. The van der Waals surface area contributed by atoms with E-state index in [9.17, 15) is 4.79 Å². The topological polar surface area (TPSA) is 62.2 Å². The molecule has 19 heavy (non-hydrogen) atoms. The molecule has 4 nitrogen and oxygen atoms in total. The smallest absolute Gasteiger partial charge is 0.224 e. The van der Waals surface area contributed by atoms with Crippen molar-refractivity contribution in [3.63, 3.8) is 0 Å². The van der Waals surface area contributed by atoms with Gasteiger partial charge >= 0.3 is 0 Å². The van der Waals surface area contributed by atoms with Crippen LogP contribution < -0.4 is 5.32 Å². The van der Waals surface area contributed by atoms with Crippen molar-refractivity contribution in [2.45, 2.75) is 26.8 Å². The van der Waals surface area contributed by atoms with E-state index >= 15 is 0 Å². The van der Waals surface area contributed by atoms with Crippen molar-refractivity contribution in [2.24, 2.45) is 0 Å². The van der Waals surface area contributed by atoms with Crippen molar-refractivity contribution in [3.05, 3.63) is 45.4 Å². The van der Waals surface area contributed by atoms with Crippen LogP contribution in [-0.2, 0) is 17.8 Å². The van der Waals surface area contributed by atoms with E-state index in [1.165, 1.54) is 4.88 Å². The second kappa shape index (κ2) is 5.84. The van der Waals surface area contributed by atoms with E-state index in [1.54, 1.807) is 35.6 Å². The summed E-state index contributed by atoms with van der Waals surface area (Å²) >= 11 is 1.61. The fourth-order valence-electron chi connectivity index (χ4n) is 1.65. The molecule has 0 atom stereocenters. The highest BCUT2D eigenvalue weighted by molar-refractivity contribution is 7.11. The molecule has 0 bridgehead atoms. The summed E-state index contributed by atoms with van der Waals surface area (Å²) in [7, 11) is 0. The third kappa shape index (κ3) is 3.79. The number of benzene rings is 1. The van der Waals surface area contributed by atoms with Gasteiger partial charge < -0.3 is 10.4 Å². The van der Waals surface area contributed by atoms with Crippen LogP contribution in [0.3, 0.4) is 0 Å². The first kappa shape index (κ1) is 13.5. The van der Waals surface area contributed by atoms with Gasteiger partial charge in [-0.3, -0.25) is 4.79 Å². The number of thiazole rings is 1. The van der Waals surface area contributed by atoms with Crippen molar-refractivity contribution >= 4 is 17.2 Å². The second-order valence-corrected chi connectivity index (χ2v) is 5.66. The highest BCUT2D eigenvalue weighted by Crippen LogP contribution is 2.16. The van der Waals surface area contributed by atoms with Gasteiger partial charge in [-0.25, -0.2) is 4.98 Å². The molecule has 0 aliphatic carbocycles. The summed E-state index contributed by atoms with van der Waals surface area (Å²) in [6, 6.07) is 6.64. The lowest BCUT2D eigenvalue weighted by atomic mass is 10.1. The molecule has 0 unspecified atom stereocenters. The molecule has 5 heteroatoms. The number of aryl methyl sites for hydroxylation is 2. The number of hydrogen-bond donors (Lipinski definition) is 2. The number of carbonyl (C=O) groups excluding carboxylic acids is 1. The summed E-state index contributed by atoms with van der Waals surface area (Å²) in [5.74, 6) is 0.161. The van der Waals surface area contributed by atoms with E-state index in [1.807, 2.05) is 13.8 Å². The molecular formula is C14H16N2O2S. The van der Waals surface area contributed by atoms with Crippen molar-refractivity contribution < 1.29 is 9.90 Å². The quantitative estimate of drug-likeness (QED) is 0.901. The number of aromatic hydroxyl groups is 1. The summed E-state index contributed by atoms with van der Waals surface area (Å²) in [5, 5.41) is 12.9. The molecule has 2 rings (SSSR count). The van der Waals surface area contributed by atoms with E-state index in [0.29, 0.717) is 13.0 Å². The maximum absolute atomic E-state index is 11.8. The van der Waals surface area contributed by atoms with Crippen LogP contribution in [0, 0.1) is 13.8 Å². The number of phenols is 1. The van der Waals surface area contributed by atoms with E-state index in [-0.39, 0.29) is 11.7 Å². The summed E-state index contributed by atoms with van der Waals surface area (Å²) in [6.45, 7) is 4.46. The average molecular weight is 276 g/mol. The van der Waals surface area contributed by atoms with E-state index in [4.69, 9.17) is 5.11 Å². The van der Waals surface area contributed by atoms with Gasteiger partial charge in [-0.1, -0.05) is 12.1 Å². The summed E-state index contributed by atoms with van der Waals surface area (Å²) in [4.78, 5) is 17.3. The summed E-state index contributed by atoms with van der Waals surface area (Å²) < 4.78 is 0. The Morgan fingerprint density at radius 1 is 1.32 bits per heavy atom. The predicted octanol–water partition coefficient (Wildman–Crippen LogP) is 2.32. The fourth-order valence-corrected chi connectivity index (χ4v) is 2.52. The lowest BCUT2D eigenvalue weighted by Crippen LogP contribution is -2.24. The number of hydrogen-bond acceptors (Lipinski definition) is 4. The van der Waals surface area contributed by atoms with Crippen molar-refractivity contribution in [1.82, 2.24) is 10.3 Å². The molecule has 2 N–H and O–H groups in total. The highest BCUT2D eigenvalue weighted by Gasteiger charge is 2.07. The number of rotatable bonds is 4. The number of nitrogens with zero attached hydrogens (tertiary/aromatic N) is 1. The maximum Gasteiger partial charge on any atom is 0.224 e. The Labute approximate surface area is 116 Å². The zero-order chi connectivity index (χ0) is 13.8. The van der Waals surface area contributed by atoms with Crippen molar-refractivity contribution in [2.75, 3.05) is 0 Å². The minimum atomic E-state index is -0.0452. The zero-order valence-corrected chi connectivity index (χ0v) is 11.8. The largest absolute Gasteiger partial charge is 0.508 e. The van der Waals surface area contributed by atoms with Gasteiger partial charge in [0.1, 0.15) is 10.8 Å². The minimum Gasteiger partial charge on any atom is -0.508 e. The van der Waals surface area contributed by atoms with Gasteiger partial charge in [-0.15, -0.1) is 11.3 Å². The van der Waals surface area contributed by atoms with Gasteiger partial charge in [0.2, 0.25) is 5.91 Å². The molecule has 0 aliphatic heterocycles. The van der Waals surface area contributed by atoms with Crippen LogP contribution >= 0.6 is 11.3 Å². The second-order valence-electron chi connectivity index (χ2n) is 4.37. The molecule has 1 aromatic carbocycles. The lowest BCUT2D eigenvalue weighted by Gasteiger charge is -2.03. The Morgan fingerprint density at radius 3 is 2.58 bits per heavy atom. The van der Waals surface area contributed by atoms with Crippen LogP contribution in [0.1, 0.15) is 21.1 Å². The Morgan fingerprint density at radius 2 is 2.00 bits per heavy atom. The van der Waals surface area contributed by atoms with Crippen molar-refractivity contribution in [1.29, 1.82) is 0 Å². The molecule has 100 valence electrons. The Bertz CT molecular complexity index is 556. The molecule has 1 amide bonds. The van der Waals surface area contributed by atoms with Crippen LogP contribution in [0.5, 0.6) is 5.75 Å². The zero-order valence-electron chi connectivity index (χ0n) is 10.9. The van der Waals surface area contributed by atoms with Crippen molar-refractivity contribution in [3.8, 4) is 5.75 Å². The number of phenolic OH excluding ortho intramolecular Hbond substituents is 1. The average Bonchev–Trinajstić information content (AvgIpc) is 2.69. The minimum absolute atomic E-state index is 0.0452. The first-order chi connectivity index (χ1) is 9.04. The first-order valence-electron chi connectivity index (χ1n) is 6.02. The van der Waals surface area contributed by atoms with Gasteiger partial charge in [-0.2, -0.15) is 0 Å². The molecule has 1 aromatic heterocycles. The summed E-state index contributed by atoms with van der Waals surface area (Å²) in [5.41, 5.74) is 1.90. The molecule has 0 aliphatic rings. The van der Waals surface area contributed by atoms with E-state index in [2.05, 4.69) is 10.3 Å². The van der Waals surface area contributed by atoms with Crippen LogP contribution in [0.4, 0.5) is 0 Å². The van der Waals surface area contributed by atoms with Gasteiger partial charge in [0.15, 0.2) is 0 Å². The van der Waals surface area contributed by atoms with Gasteiger partial charge in [0.25, 0.3) is 0 Å².